The maximum absolute atomic E-state index is 13.3. The van der Waals surface area contributed by atoms with E-state index >= 15 is 0 Å². The molecule has 0 radical (unpaired) electrons. The summed E-state index contributed by atoms with van der Waals surface area (Å²) in [7, 11) is 0. The van der Waals surface area contributed by atoms with E-state index in [1.54, 1.807) is 13.0 Å². The second-order valence-electron chi connectivity index (χ2n) is 8.32. The number of carbonyl (C=O) groups is 2. The van der Waals surface area contributed by atoms with Crippen LogP contribution < -0.4 is 5.73 Å². The zero-order chi connectivity index (χ0) is 18.6. The van der Waals surface area contributed by atoms with E-state index in [1.807, 2.05) is 11.8 Å². The van der Waals surface area contributed by atoms with Crippen LogP contribution in [-0.2, 0) is 4.79 Å². The van der Waals surface area contributed by atoms with Gasteiger partial charge in [-0.3, -0.25) is 9.59 Å². The minimum Gasteiger partial charge on any atom is -0.368 e. The molecule has 7 heteroatoms. The summed E-state index contributed by atoms with van der Waals surface area (Å²) < 4.78 is 0. The number of fused-ring (bicyclic) bond motifs is 1. The third kappa shape index (κ3) is 2.47. The van der Waals surface area contributed by atoms with Crippen molar-refractivity contribution < 1.29 is 9.59 Å². The standard InChI is InChI=1S/C19H27N5O2/c1-11-8-14(22-18(20)21-11)17(26)23-10-13-9-19(3)15(23)6-4-5-7-16(19)24(13)12(2)25/h8,13,15-16H,4-7,9-10H2,1-3H3,(H2,20,21,22)/t13-,15+,16-,19+/m0/s1. The summed E-state index contributed by atoms with van der Waals surface area (Å²) in [5, 5.41) is 0. The smallest absolute Gasteiger partial charge is 0.273 e. The number of nitrogen functional groups attached to an aromatic ring is 1. The number of anilines is 1. The maximum atomic E-state index is 13.3. The average Bonchev–Trinajstić information content (AvgIpc) is 2.68. The summed E-state index contributed by atoms with van der Waals surface area (Å²) in [6, 6.07) is 2.17. The van der Waals surface area contributed by atoms with Crippen molar-refractivity contribution in [2.24, 2.45) is 5.41 Å². The molecule has 3 heterocycles. The van der Waals surface area contributed by atoms with Crippen LogP contribution in [0.3, 0.4) is 0 Å². The Labute approximate surface area is 154 Å². The van der Waals surface area contributed by atoms with Gasteiger partial charge in [0.15, 0.2) is 0 Å². The first-order valence-electron chi connectivity index (χ1n) is 9.52. The third-order valence-corrected chi connectivity index (χ3v) is 6.63. The van der Waals surface area contributed by atoms with Crippen LogP contribution in [0.5, 0.6) is 0 Å². The fourth-order valence-corrected chi connectivity index (χ4v) is 5.71. The van der Waals surface area contributed by atoms with E-state index in [2.05, 4.69) is 21.8 Å². The minimum atomic E-state index is -0.0887. The lowest BCUT2D eigenvalue weighted by Crippen LogP contribution is -2.56. The second kappa shape index (κ2) is 5.93. The van der Waals surface area contributed by atoms with Crippen molar-refractivity contribution in [1.82, 2.24) is 19.8 Å². The summed E-state index contributed by atoms with van der Waals surface area (Å²) in [6.07, 6.45) is 5.19. The zero-order valence-electron chi connectivity index (χ0n) is 15.7. The molecule has 3 aliphatic rings. The number of nitrogens with zero attached hydrogens (tertiary/aromatic N) is 4. The van der Waals surface area contributed by atoms with Gasteiger partial charge in [0.1, 0.15) is 5.69 Å². The fraction of sp³-hybridized carbons (Fsp3) is 0.684. The number of hydrogen-bond donors (Lipinski definition) is 1. The van der Waals surface area contributed by atoms with Gasteiger partial charge in [-0.25, -0.2) is 9.97 Å². The number of hydrogen-bond acceptors (Lipinski definition) is 5. The van der Waals surface area contributed by atoms with Crippen LogP contribution in [0.25, 0.3) is 0 Å². The van der Waals surface area contributed by atoms with Crippen molar-refractivity contribution >= 4 is 17.8 Å². The zero-order valence-corrected chi connectivity index (χ0v) is 15.7. The lowest BCUT2D eigenvalue weighted by Gasteiger charge is -2.46. The van der Waals surface area contributed by atoms with Gasteiger partial charge in [0, 0.05) is 36.7 Å². The van der Waals surface area contributed by atoms with Crippen molar-refractivity contribution in [1.29, 1.82) is 0 Å². The molecule has 4 atom stereocenters. The molecule has 2 saturated heterocycles. The molecule has 7 nitrogen and oxygen atoms in total. The summed E-state index contributed by atoms with van der Waals surface area (Å²) in [5.74, 6) is 0.165. The Hall–Kier alpha value is -2.18. The van der Waals surface area contributed by atoms with Gasteiger partial charge in [-0.2, -0.15) is 0 Å². The molecule has 140 valence electrons. The molecule has 1 aromatic rings. The fourth-order valence-electron chi connectivity index (χ4n) is 5.71. The first kappa shape index (κ1) is 17.2. The average molecular weight is 357 g/mol. The molecule has 26 heavy (non-hydrogen) atoms. The molecule has 0 aromatic carbocycles. The Morgan fingerprint density at radius 2 is 1.92 bits per heavy atom. The summed E-state index contributed by atoms with van der Waals surface area (Å²) in [5.41, 5.74) is 6.76. The van der Waals surface area contributed by atoms with Crippen LogP contribution in [0.2, 0.25) is 0 Å². The summed E-state index contributed by atoms with van der Waals surface area (Å²) in [4.78, 5) is 38.0. The predicted molar refractivity (Wildman–Crippen MR) is 97.3 cm³/mol. The van der Waals surface area contributed by atoms with E-state index < -0.39 is 0 Å². The molecule has 2 N–H and O–H groups in total. The molecule has 1 saturated carbocycles. The van der Waals surface area contributed by atoms with Gasteiger partial charge in [-0.15, -0.1) is 0 Å². The van der Waals surface area contributed by atoms with Crippen LogP contribution in [0.15, 0.2) is 6.07 Å². The van der Waals surface area contributed by atoms with E-state index in [-0.39, 0.29) is 41.3 Å². The van der Waals surface area contributed by atoms with E-state index in [4.69, 9.17) is 5.73 Å². The van der Waals surface area contributed by atoms with E-state index in [1.165, 1.54) is 0 Å². The van der Waals surface area contributed by atoms with Crippen molar-refractivity contribution in [2.75, 3.05) is 12.3 Å². The minimum absolute atomic E-state index is 0.0473. The van der Waals surface area contributed by atoms with Crippen molar-refractivity contribution in [2.45, 2.75) is 71.0 Å². The van der Waals surface area contributed by atoms with Crippen LogP contribution in [0.1, 0.15) is 62.1 Å². The molecule has 0 unspecified atom stereocenters. The van der Waals surface area contributed by atoms with E-state index in [0.29, 0.717) is 17.9 Å². The van der Waals surface area contributed by atoms with Crippen molar-refractivity contribution in [3.05, 3.63) is 17.5 Å². The molecule has 2 amide bonds. The SMILES string of the molecule is CC(=O)N1[C@@H]2CN(C(=O)c3cc(C)nc(N)n3)[C@@H]3CCCC[C@H]1[C@]3(C)C2. The topological polar surface area (TPSA) is 92.4 Å². The highest BCUT2D eigenvalue weighted by Crippen LogP contribution is 2.53. The largest absolute Gasteiger partial charge is 0.368 e. The molecule has 1 aliphatic carbocycles. The van der Waals surface area contributed by atoms with Gasteiger partial charge in [-0.05, 0) is 32.3 Å². The van der Waals surface area contributed by atoms with Gasteiger partial charge < -0.3 is 15.5 Å². The van der Waals surface area contributed by atoms with Gasteiger partial charge >= 0.3 is 0 Å². The molecule has 2 bridgehead atoms. The number of likely N-dealkylation sites (tertiary alicyclic amines) is 2. The molecule has 3 fully saturated rings. The highest BCUT2D eigenvalue weighted by molar-refractivity contribution is 5.93. The monoisotopic (exact) mass is 357 g/mol. The van der Waals surface area contributed by atoms with Gasteiger partial charge in [0.05, 0.1) is 6.04 Å². The molecule has 2 aliphatic heterocycles. The number of rotatable bonds is 1. The predicted octanol–water partition coefficient (Wildman–Crippen LogP) is 1.76. The highest BCUT2D eigenvalue weighted by atomic mass is 16.2. The lowest BCUT2D eigenvalue weighted by atomic mass is 9.71. The van der Waals surface area contributed by atoms with Crippen LogP contribution in [0.4, 0.5) is 5.95 Å². The van der Waals surface area contributed by atoms with Gasteiger partial charge in [-0.1, -0.05) is 19.8 Å². The number of aromatic nitrogens is 2. The second-order valence-corrected chi connectivity index (χ2v) is 8.32. The van der Waals surface area contributed by atoms with Crippen LogP contribution in [0, 0.1) is 12.3 Å². The molecule has 0 spiro atoms. The molecule has 4 rings (SSSR count). The first-order valence-corrected chi connectivity index (χ1v) is 9.52. The number of piperidine rings is 1. The van der Waals surface area contributed by atoms with Crippen LogP contribution >= 0.6 is 0 Å². The Morgan fingerprint density at radius 1 is 1.23 bits per heavy atom. The van der Waals surface area contributed by atoms with Crippen molar-refractivity contribution in [3.63, 3.8) is 0 Å². The maximum Gasteiger partial charge on any atom is 0.273 e. The first-order chi connectivity index (χ1) is 12.3. The molecule has 1 aromatic heterocycles. The summed E-state index contributed by atoms with van der Waals surface area (Å²) >= 11 is 0. The number of nitrogens with two attached hydrogens (primary N) is 1. The Kier molecular flexibility index (Phi) is 3.93. The Balaban J connectivity index is 1.74. The normalized spacial score (nSPS) is 33.1. The Morgan fingerprint density at radius 3 is 2.58 bits per heavy atom. The van der Waals surface area contributed by atoms with Crippen LogP contribution in [-0.4, -0.2) is 56.3 Å². The molecular weight excluding hydrogens is 330 g/mol. The third-order valence-electron chi connectivity index (χ3n) is 6.63. The highest BCUT2D eigenvalue weighted by Gasteiger charge is 2.60. The van der Waals surface area contributed by atoms with E-state index in [0.717, 1.165) is 32.1 Å². The number of amides is 2. The van der Waals surface area contributed by atoms with Gasteiger partial charge in [0.2, 0.25) is 11.9 Å². The van der Waals surface area contributed by atoms with E-state index in [9.17, 15) is 9.59 Å². The number of carbonyl (C=O) groups excluding carboxylic acids is 2. The quantitative estimate of drug-likeness (QED) is 0.827. The lowest BCUT2D eigenvalue weighted by molar-refractivity contribution is -0.132. The van der Waals surface area contributed by atoms with Gasteiger partial charge in [0.25, 0.3) is 5.91 Å². The summed E-state index contributed by atoms with van der Waals surface area (Å²) in [6.45, 7) is 6.32. The number of aryl methyl sites for hydroxylation is 1. The Bertz CT molecular complexity index is 746. The van der Waals surface area contributed by atoms with Crippen molar-refractivity contribution in [3.8, 4) is 0 Å². The molecular formula is C19H27N5O2.